The van der Waals surface area contributed by atoms with E-state index < -0.39 is 0 Å². The fraction of sp³-hybridized carbons (Fsp3) is 0.667. The summed E-state index contributed by atoms with van der Waals surface area (Å²) in [5, 5.41) is 0. The van der Waals surface area contributed by atoms with Crippen molar-refractivity contribution in [3.05, 3.63) is 17.9 Å². The minimum atomic E-state index is -0.271. The molecular formula is C12H19NO2. The van der Waals surface area contributed by atoms with Crippen molar-refractivity contribution in [2.75, 3.05) is 13.7 Å². The van der Waals surface area contributed by atoms with Crippen LogP contribution in [0.4, 0.5) is 0 Å². The van der Waals surface area contributed by atoms with E-state index in [2.05, 4.69) is 12.3 Å². The summed E-state index contributed by atoms with van der Waals surface area (Å²) in [5.41, 5.74) is 9.11. The molecule has 0 saturated heterocycles. The largest absolute Gasteiger partial charge is 0.385 e. The van der Waals surface area contributed by atoms with Gasteiger partial charge in [-0.1, -0.05) is 6.58 Å². The maximum atomic E-state index is 11.2. The van der Waals surface area contributed by atoms with Crippen LogP contribution in [0.3, 0.4) is 0 Å². The molecule has 0 spiro atoms. The van der Waals surface area contributed by atoms with Crippen LogP contribution < -0.4 is 5.73 Å². The van der Waals surface area contributed by atoms with Crippen molar-refractivity contribution in [3.63, 3.8) is 0 Å². The highest BCUT2D eigenvalue weighted by atomic mass is 16.5. The van der Waals surface area contributed by atoms with Gasteiger partial charge in [0.05, 0.1) is 5.41 Å². The lowest BCUT2D eigenvalue weighted by Gasteiger charge is -2.12. The first-order valence-electron chi connectivity index (χ1n) is 5.31. The number of amides is 1. The molecule has 2 N–H and O–H groups in total. The molecule has 1 aliphatic carbocycles. The van der Waals surface area contributed by atoms with Gasteiger partial charge in [0.2, 0.25) is 5.91 Å². The zero-order chi connectivity index (χ0) is 11.3. The monoisotopic (exact) mass is 209 g/mol. The predicted octanol–water partition coefficient (Wildman–Crippen LogP) is 1.78. The van der Waals surface area contributed by atoms with Crippen LogP contribution in [0.1, 0.15) is 32.1 Å². The Morgan fingerprint density at radius 2 is 2.27 bits per heavy atom. The van der Waals surface area contributed by atoms with E-state index in [1.807, 2.05) is 0 Å². The summed E-state index contributed by atoms with van der Waals surface area (Å²) in [7, 11) is 1.68. The lowest BCUT2D eigenvalue weighted by atomic mass is 9.94. The van der Waals surface area contributed by atoms with Gasteiger partial charge < -0.3 is 10.5 Å². The molecule has 1 aliphatic rings. The minimum absolute atomic E-state index is 0.179. The molecule has 1 saturated carbocycles. The Morgan fingerprint density at radius 3 is 2.67 bits per heavy atom. The number of primary amides is 1. The molecule has 15 heavy (non-hydrogen) atoms. The fourth-order valence-corrected chi connectivity index (χ4v) is 1.74. The van der Waals surface area contributed by atoms with Crippen LogP contribution >= 0.6 is 0 Å². The molecule has 1 rings (SSSR count). The quantitative estimate of drug-likeness (QED) is 0.513. The number of ether oxygens (including phenoxy) is 1. The fourth-order valence-electron chi connectivity index (χ4n) is 1.74. The molecule has 0 atom stereocenters. The van der Waals surface area contributed by atoms with Gasteiger partial charge in [-0.3, -0.25) is 4.79 Å². The summed E-state index contributed by atoms with van der Waals surface area (Å²) in [6.07, 6.45) is 4.40. The summed E-state index contributed by atoms with van der Waals surface area (Å²) >= 11 is 0. The van der Waals surface area contributed by atoms with Gasteiger partial charge in [0, 0.05) is 13.7 Å². The molecule has 1 amide bonds. The van der Waals surface area contributed by atoms with Crippen LogP contribution in [0.2, 0.25) is 0 Å². The summed E-state index contributed by atoms with van der Waals surface area (Å²) < 4.78 is 4.98. The third-order valence-electron chi connectivity index (χ3n) is 3.01. The molecule has 84 valence electrons. The Kier molecular flexibility index (Phi) is 4.13. The third kappa shape index (κ3) is 3.22. The van der Waals surface area contributed by atoms with Crippen molar-refractivity contribution in [3.8, 4) is 0 Å². The second kappa shape index (κ2) is 5.15. The maximum absolute atomic E-state index is 11.2. The number of hydrogen-bond donors (Lipinski definition) is 1. The highest BCUT2D eigenvalue weighted by Gasteiger charge is 2.48. The molecule has 3 heteroatoms. The van der Waals surface area contributed by atoms with Crippen molar-refractivity contribution < 1.29 is 9.53 Å². The van der Waals surface area contributed by atoms with Crippen LogP contribution in [0.25, 0.3) is 0 Å². The first kappa shape index (κ1) is 12.0. The van der Waals surface area contributed by atoms with Gasteiger partial charge >= 0.3 is 0 Å². The van der Waals surface area contributed by atoms with Crippen LogP contribution in [-0.2, 0) is 9.53 Å². The van der Waals surface area contributed by atoms with E-state index in [4.69, 9.17) is 10.5 Å². The number of rotatable bonds is 7. The smallest absolute Gasteiger partial charge is 0.223 e. The average molecular weight is 209 g/mol. The standard InChI is InChI=1S/C12H19NO2/c1-3-10(5-4-8-15-2)9-12(6-7-12)11(13)14/h1,4-9H2,2H3,(H2,13,14). The highest BCUT2D eigenvalue weighted by Crippen LogP contribution is 2.50. The molecule has 1 fully saturated rings. The zero-order valence-electron chi connectivity index (χ0n) is 9.34. The molecule has 0 unspecified atom stereocenters. The molecule has 0 aromatic carbocycles. The molecule has 0 radical (unpaired) electrons. The number of carbonyl (C=O) groups excluding carboxylic acids is 1. The Morgan fingerprint density at radius 1 is 1.60 bits per heavy atom. The van der Waals surface area contributed by atoms with Crippen molar-refractivity contribution in [2.45, 2.75) is 32.1 Å². The second-order valence-corrected chi connectivity index (χ2v) is 4.20. The predicted molar refractivity (Wildman–Crippen MR) is 59.2 cm³/mol. The second-order valence-electron chi connectivity index (χ2n) is 4.20. The van der Waals surface area contributed by atoms with Crippen molar-refractivity contribution in [1.82, 2.24) is 0 Å². The molecule has 0 aliphatic heterocycles. The van der Waals surface area contributed by atoms with Crippen LogP contribution in [0, 0.1) is 5.41 Å². The first-order valence-corrected chi connectivity index (χ1v) is 5.31. The number of nitrogens with two attached hydrogens (primary N) is 1. The van der Waals surface area contributed by atoms with E-state index in [9.17, 15) is 4.79 Å². The van der Waals surface area contributed by atoms with Crippen LogP contribution in [0.15, 0.2) is 17.9 Å². The lowest BCUT2D eigenvalue weighted by molar-refractivity contribution is -0.123. The Balaban J connectivity index is 2.41. The van der Waals surface area contributed by atoms with Crippen LogP contribution in [0.5, 0.6) is 0 Å². The van der Waals surface area contributed by atoms with E-state index in [0.717, 1.165) is 44.3 Å². The van der Waals surface area contributed by atoms with Crippen molar-refractivity contribution in [1.29, 1.82) is 0 Å². The van der Waals surface area contributed by atoms with Gasteiger partial charge in [0.15, 0.2) is 0 Å². The Hall–Kier alpha value is -1.05. The molecular weight excluding hydrogens is 190 g/mol. The zero-order valence-corrected chi connectivity index (χ0v) is 9.34. The van der Waals surface area contributed by atoms with Gasteiger partial charge in [-0.15, -0.1) is 5.73 Å². The molecule has 0 aromatic rings. The number of methoxy groups -OCH3 is 1. The lowest BCUT2D eigenvalue weighted by Crippen LogP contribution is -2.25. The minimum Gasteiger partial charge on any atom is -0.385 e. The van der Waals surface area contributed by atoms with E-state index in [1.54, 1.807) is 7.11 Å². The van der Waals surface area contributed by atoms with Gasteiger partial charge in [0.1, 0.15) is 0 Å². The topological polar surface area (TPSA) is 52.3 Å². The van der Waals surface area contributed by atoms with Crippen LogP contribution in [-0.4, -0.2) is 19.6 Å². The van der Waals surface area contributed by atoms with Gasteiger partial charge in [-0.2, -0.15) is 0 Å². The van der Waals surface area contributed by atoms with Crippen molar-refractivity contribution in [2.24, 2.45) is 11.1 Å². The number of allylic oxidation sites excluding steroid dienone is 1. The molecule has 3 nitrogen and oxygen atoms in total. The Labute approximate surface area is 91.0 Å². The summed E-state index contributed by atoms with van der Waals surface area (Å²) in [6, 6.07) is 0. The SMILES string of the molecule is C=C=C(CCCOC)CC1(C(N)=O)CC1. The summed E-state index contributed by atoms with van der Waals surface area (Å²) in [6.45, 7) is 4.39. The van der Waals surface area contributed by atoms with Gasteiger partial charge in [-0.05, 0) is 37.7 Å². The summed E-state index contributed by atoms with van der Waals surface area (Å²) in [4.78, 5) is 11.2. The molecule has 0 heterocycles. The Bertz CT molecular complexity index is 286. The number of carbonyl (C=O) groups is 1. The summed E-state index contributed by atoms with van der Waals surface area (Å²) in [5.74, 6) is -0.179. The van der Waals surface area contributed by atoms with Crippen molar-refractivity contribution >= 4 is 5.91 Å². The van der Waals surface area contributed by atoms with E-state index in [0.29, 0.717) is 0 Å². The van der Waals surface area contributed by atoms with Gasteiger partial charge in [-0.25, -0.2) is 0 Å². The molecule has 0 bridgehead atoms. The number of hydrogen-bond acceptors (Lipinski definition) is 2. The maximum Gasteiger partial charge on any atom is 0.223 e. The van der Waals surface area contributed by atoms with E-state index in [-0.39, 0.29) is 11.3 Å². The first-order chi connectivity index (χ1) is 7.14. The van der Waals surface area contributed by atoms with E-state index in [1.165, 1.54) is 0 Å². The third-order valence-corrected chi connectivity index (χ3v) is 3.01. The average Bonchev–Trinajstić information content (AvgIpc) is 2.98. The highest BCUT2D eigenvalue weighted by molar-refractivity contribution is 5.83. The normalized spacial score (nSPS) is 16.9. The van der Waals surface area contributed by atoms with Gasteiger partial charge in [0.25, 0.3) is 0 Å². The van der Waals surface area contributed by atoms with E-state index >= 15 is 0 Å². The molecule has 0 aromatic heterocycles.